The zero-order chi connectivity index (χ0) is 18.9. The van der Waals surface area contributed by atoms with Crippen molar-refractivity contribution >= 4 is 33.6 Å². The topological polar surface area (TPSA) is 64.9 Å². The van der Waals surface area contributed by atoms with Crippen LogP contribution in [0, 0.1) is 0 Å². The van der Waals surface area contributed by atoms with E-state index in [1.807, 2.05) is 36.7 Å². The van der Waals surface area contributed by atoms with Crippen LogP contribution in [0.3, 0.4) is 0 Å². The lowest BCUT2D eigenvalue weighted by Crippen LogP contribution is -2.34. The third-order valence-corrected chi connectivity index (χ3v) is 6.54. The fourth-order valence-electron chi connectivity index (χ4n) is 2.58. The van der Waals surface area contributed by atoms with Gasteiger partial charge < -0.3 is 14.0 Å². The van der Waals surface area contributed by atoms with Crippen LogP contribution in [0.4, 0.5) is 5.95 Å². The molecule has 8 heteroatoms. The molecule has 0 atom stereocenters. The molecule has 3 aromatic rings. The molecule has 0 aliphatic heterocycles. The zero-order valence-corrected chi connectivity index (χ0v) is 18.4. The van der Waals surface area contributed by atoms with E-state index in [0.29, 0.717) is 18.4 Å². The largest absolute Gasteiger partial charge is 0.471 e. The minimum atomic E-state index is -1.65. The van der Waals surface area contributed by atoms with Crippen LogP contribution >= 0.6 is 0 Å². The fraction of sp³-hybridized carbons (Fsp3) is 0.389. The maximum absolute atomic E-state index is 6.05. The summed E-state index contributed by atoms with van der Waals surface area (Å²) < 4.78 is 8.25. The second-order valence-electron chi connectivity index (χ2n) is 8.46. The van der Waals surface area contributed by atoms with Gasteiger partial charge in [-0.25, -0.2) is 4.98 Å². The quantitative estimate of drug-likeness (QED) is 0.640. The molecule has 0 aliphatic rings. The molecular weight excluding hydrogens is 358 g/mol. The SMILES string of the molecule is C[Si](C)(C)Nc1nc(OCc2ccccc2)c2ncn([Si](C)(C)C)c2n1. The number of fused-ring (bicyclic) bond motifs is 1. The van der Waals surface area contributed by atoms with Gasteiger partial charge in [-0.2, -0.15) is 9.97 Å². The van der Waals surface area contributed by atoms with Crippen molar-refractivity contribution in [2.45, 2.75) is 45.9 Å². The normalized spacial score (nSPS) is 12.4. The number of hydrogen-bond donors (Lipinski definition) is 1. The Kier molecular flexibility index (Phi) is 4.89. The van der Waals surface area contributed by atoms with E-state index >= 15 is 0 Å². The summed E-state index contributed by atoms with van der Waals surface area (Å²) in [6.45, 7) is 13.9. The lowest BCUT2D eigenvalue weighted by atomic mass is 10.2. The van der Waals surface area contributed by atoms with Crippen LogP contribution in [0.15, 0.2) is 36.7 Å². The highest BCUT2D eigenvalue weighted by Crippen LogP contribution is 2.26. The Hall–Kier alpha value is -2.20. The van der Waals surface area contributed by atoms with Crippen LogP contribution in [0.1, 0.15) is 5.56 Å². The van der Waals surface area contributed by atoms with Crippen molar-refractivity contribution in [3.63, 3.8) is 0 Å². The minimum Gasteiger partial charge on any atom is -0.471 e. The minimum absolute atomic E-state index is 0.457. The van der Waals surface area contributed by atoms with Gasteiger partial charge in [-0.15, -0.1) is 0 Å². The van der Waals surface area contributed by atoms with E-state index in [2.05, 4.69) is 58.5 Å². The van der Waals surface area contributed by atoms with Gasteiger partial charge in [0.25, 0.3) is 0 Å². The molecule has 2 aromatic heterocycles. The second kappa shape index (κ2) is 6.84. The monoisotopic (exact) mass is 385 g/mol. The van der Waals surface area contributed by atoms with E-state index in [1.165, 1.54) is 0 Å². The van der Waals surface area contributed by atoms with Crippen LogP contribution in [0.5, 0.6) is 5.88 Å². The average Bonchev–Trinajstić information content (AvgIpc) is 2.96. The van der Waals surface area contributed by atoms with Gasteiger partial charge >= 0.3 is 0 Å². The first-order valence-corrected chi connectivity index (χ1v) is 15.8. The molecule has 0 amide bonds. The van der Waals surface area contributed by atoms with Gasteiger partial charge in [0, 0.05) is 0 Å². The molecule has 3 rings (SSSR count). The Balaban J connectivity index is 2.03. The van der Waals surface area contributed by atoms with E-state index in [1.54, 1.807) is 0 Å². The third kappa shape index (κ3) is 4.31. The lowest BCUT2D eigenvalue weighted by Gasteiger charge is -2.21. The zero-order valence-electron chi connectivity index (χ0n) is 16.4. The number of ether oxygens (including phenoxy) is 1. The molecule has 0 saturated carbocycles. The molecule has 0 fully saturated rings. The summed E-state index contributed by atoms with van der Waals surface area (Å²) in [6.07, 6.45) is 1.87. The van der Waals surface area contributed by atoms with Gasteiger partial charge in [0.05, 0.1) is 6.33 Å². The highest BCUT2D eigenvalue weighted by Gasteiger charge is 2.24. The van der Waals surface area contributed by atoms with Gasteiger partial charge in [-0.3, -0.25) is 0 Å². The summed E-state index contributed by atoms with van der Waals surface area (Å²) in [6, 6.07) is 10.1. The average molecular weight is 386 g/mol. The van der Waals surface area contributed by atoms with Crippen molar-refractivity contribution in [2.75, 3.05) is 4.98 Å². The summed E-state index contributed by atoms with van der Waals surface area (Å²) in [5.41, 5.74) is 2.68. The number of benzene rings is 1. The van der Waals surface area contributed by atoms with Crippen molar-refractivity contribution < 1.29 is 4.74 Å². The highest BCUT2D eigenvalue weighted by atomic mass is 28.3. The number of imidazole rings is 1. The van der Waals surface area contributed by atoms with Gasteiger partial charge in [0.1, 0.15) is 14.8 Å². The summed E-state index contributed by atoms with van der Waals surface area (Å²) in [5.74, 6) is 1.16. The first-order chi connectivity index (χ1) is 12.1. The van der Waals surface area contributed by atoms with Crippen molar-refractivity contribution in [1.82, 2.24) is 19.2 Å². The van der Waals surface area contributed by atoms with E-state index < -0.39 is 16.5 Å². The number of hydrogen-bond acceptors (Lipinski definition) is 5. The van der Waals surface area contributed by atoms with Crippen molar-refractivity contribution in [2.24, 2.45) is 0 Å². The molecule has 0 spiro atoms. The van der Waals surface area contributed by atoms with Crippen molar-refractivity contribution in [1.29, 1.82) is 0 Å². The molecule has 138 valence electrons. The summed E-state index contributed by atoms with van der Waals surface area (Å²) in [5, 5.41) is 0. The van der Waals surface area contributed by atoms with E-state index in [0.717, 1.165) is 16.7 Å². The molecule has 0 bridgehead atoms. The maximum atomic E-state index is 6.05. The second-order valence-corrected chi connectivity index (χ2v) is 18.0. The molecule has 0 unspecified atom stereocenters. The summed E-state index contributed by atoms with van der Waals surface area (Å²) in [4.78, 5) is 17.5. The molecule has 1 N–H and O–H groups in total. The molecule has 0 aliphatic carbocycles. The van der Waals surface area contributed by atoms with Crippen LogP contribution < -0.4 is 9.72 Å². The first kappa shape index (κ1) is 18.6. The molecule has 0 radical (unpaired) electrons. The van der Waals surface area contributed by atoms with Gasteiger partial charge in [-0.1, -0.05) is 69.6 Å². The Morgan fingerprint density at radius 1 is 1.00 bits per heavy atom. The smallest absolute Gasteiger partial charge is 0.247 e. The van der Waals surface area contributed by atoms with Gasteiger partial charge in [0.15, 0.2) is 19.4 Å². The Morgan fingerprint density at radius 3 is 2.31 bits per heavy atom. The lowest BCUT2D eigenvalue weighted by molar-refractivity contribution is 0.297. The molecule has 0 saturated heterocycles. The Labute approximate surface area is 156 Å². The summed E-state index contributed by atoms with van der Waals surface area (Å²) in [7, 11) is -3.23. The van der Waals surface area contributed by atoms with E-state index in [-0.39, 0.29) is 0 Å². The van der Waals surface area contributed by atoms with Crippen LogP contribution in [0.2, 0.25) is 39.3 Å². The van der Waals surface area contributed by atoms with Crippen LogP contribution in [-0.4, -0.2) is 35.7 Å². The first-order valence-electron chi connectivity index (χ1n) is 8.84. The van der Waals surface area contributed by atoms with Crippen molar-refractivity contribution in [3.05, 3.63) is 42.2 Å². The number of anilines is 1. The molecule has 1 aromatic carbocycles. The van der Waals surface area contributed by atoms with Crippen LogP contribution in [0.25, 0.3) is 11.2 Å². The summed E-state index contributed by atoms with van der Waals surface area (Å²) >= 11 is 0. The number of aromatic nitrogens is 4. The van der Waals surface area contributed by atoms with Crippen LogP contribution in [-0.2, 0) is 6.61 Å². The highest BCUT2D eigenvalue weighted by molar-refractivity contribution is 6.79. The fourth-order valence-corrected chi connectivity index (χ4v) is 4.56. The predicted molar refractivity (Wildman–Crippen MR) is 112 cm³/mol. The standard InChI is InChI=1S/C18H27N5OSi2/c1-25(2,3)22-18-20-16-15(19-13-23(16)26(4,5)6)17(21-18)24-12-14-10-8-7-9-11-14/h7-11,13H,12H2,1-6H3,(H,20,21,22). The molecule has 2 heterocycles. The molecule has 6 nitrogen and oxygen atoms in total. The number of nitrogens with one attached hydrogen (secondary N) is 1. The number of nitrogens with zero attached hydrogens (tertiary/aromatic N) is 4. The number of rotatable bonds is 6. The Bertz CT molecular complexity index is 898. The van der Waals surface area contributed by atoms with Gasteiger partial charge in [0.2, 0.25) is 11.8 Å². The molecular formula is C18H27N5OSi2. The van der Waals surface area contributed by atoms with E-state index in [4.69, 9.17) is 9.72 Å². The molecule has 26 heavy (non-hydrogen) atoms. The third-order valence-electron chi connectivity index (χ3n) is 3.79. The van der Waals surface area contributed by atoms with E-state index in [9.17, 15) is 0 Å². The van der Waals surface area contributed by atoms with Gasteiger partial charge in [-0.05, 0) is 5.56 Å². The Morgan fingerprint density at radius 2 is 1.69 bits per heavy atom. The predicted octanol–water partition coefficient (Wildman–Crippen LogP) is 4.34. The van der Waals surface area contributed by atoms with Crippen molar-refractivity contribution in [3.8, 4) is 5.88 Å². The maximum Gasteiger partial charge on any atom is 0.247 e.